The van der Waals surface area contributed by atoms with E-state index in [0.29, 0.717) is 57.4 Å². The number of esters is 1. The van der Waals surface area contributed by atoms with Crippen molar-refractivity contribution in [1.82, 2.24) is 20.2 Å². The van der Waals surface area contributed by atoms with E-state index in [-0.39, 0.29) is 30.7 Å². The predicted octanol–water partition coefficient (Wildman–Crippen LogP) is 2.44. The van der Waals surface area contributed by atoms with Gasteiger partial charge < -0.3 is 30.2 Å². The van der Waals surface area contributed by atoms with Gasteiger partial charge in [-0.15, -0.1) is 0 Å². The number of cyclic esters (lactones) is 1. The van der Waals surface area contributed by atoms with Crippen LogP contribution >= 0.6 is 0 Å². The molecule has 41 heavy (non-hydrogen) atoms. The Morgan fingerprint density at radius 3 is 2.73 bits per heavy atom. The molecule has 2 aliphatic heterocycles. The lowest BCUT2D eigenvalue weighted by Gasteiger charge is -2.31. The number of aliphatic hydroxyl groups excluding tert-OH is 1. The number of urea groups is 1. The van der Waals surface area contributed by atoms with E-state index >= 15 is 0 Å². The van der Waals surface area contributed by atoms with Crippen molar-refractivity contribution in [2.24, 2.45) is 0 Å². The van der Waals surface area contributed by atoms with Gasteiger partial charge in [-0.3, -0.25) is 4.79 Å². The second-order valence-electron chi connectivity index (χ2n) is 10.7. The zero-order valence-corrected chi connectivity index (χ0v) is 22.2. The lowest BCUT2D eigenvalue weighted by Crippen LogP contribution is -2.45. The van der Waals surface area contributed by atoms with Crippen LogP contribution in [0.3, 0.4) is 0 Å². The molecule has 10 nitrogen and oxygen atoms in total. The first kappa shape index (κ1) is 27.2. The van der Waals surface area contributed by atoms with E-state index in [1.54, 1.807) is 19.9 Å². The minimum Gasteiger partial charge on any atom is -0.458 e. The van der Waals surface area contributed by atoms with E-state index in [9.17, 15) is 32.7 Å². The number of benzene rings is 1. The van der Waals surface area contributed by atoms with Gasteiger partial charge in [0.25, 0.3) is 11.5 Å². The molecule has 0 bridgehead atoms. The van der Waals surface area contributed by atoms with Crippen molar-refractivity contribution in [2.45, 2.75) is 63.8 Å². The molecule has 2 atom stereocenters. The van der Waals surface area contributed by atoms with Crippen LogP contribution in [0.2, 0.25) is 0 Å². The van der Waals surface area contributed by atoms with Crippen LogP contribution in [0.1, 0.15) is 59.2 Å². The van der Waals surface area contributed by atoms with Gasteiger partial charge in [0.05, 0.1) is 41.6 Å². The molecule has 3 aromatic rings. The second-order valence-corrected chi connectivity index (χ2v) is 10.7. The molecular weight excluding hydrogens is 545 g/mol. The number of amides is 2. The molecule has 0 unspecified atom stereocenters. The van der Waals surface area contributed by atoms with Crippen molar-refractivity contribution in [3.63, 3.8) is 0 Å². The molecule has 0 spiro atoms. The highest BCUT2D eigenvalue weighted by atomic mass is 19.3. The third-order valence-corrected chi connectivity index (χ3v) is 8.42. The Balaban J connectivity index is 1.52. The number of nitrogens with zero attached hydrogens (tertiary/aromatic N) is 2. The highest BCUT2D eigenvalue weighted by molar-refractivity contribution is 5.93. The Labute approximate surface area is 231 Å². The van der Waals surface area contributed by atoms with E-state index in [4.69, 9.17) is 14.8 Å². The molecule has 6 rings (SSSR count). The van der Waals surface area contributed by atoms with Crippen molar-refractivity contribution in [1.29, 1.82) is 0 Å². The zero-order chi connectivity index (χ0) is 29.4. The third-order valence-electron chi connectivity index (χ3n) is 8.42. The first-order chi connectivity index (χ1) is 19.4. The van der Waals surface area contributed by atoms with Crippen molar-refractivity contribution in [3.05, 3.63) is 61.7 Å². The number of hydrogen-bond donors (Lipinski definition) is 4. The van der Waals surface area contributed by atoms with Crippen LogP contribution in [0.15, 0.2) is 16.9 Å². The number of carbonyl (C=O) groups is 2. The van der Waals surface area contributed by atoms with Gasteiger partial charge in [-0.05, 0) is 48.9 Å². The summed E-state index contributed by atoms with van der Waals surface area (Å²) in [7, 11) is 0. The molecule has 1 aromatic carbocycles. The number of halogens is 3. The topological polar surface area (TPSA) is 143 Å². The number of rotatable bonds is 5. The third kappa shape index (κ3) is 4.01. The summed E-state index contributed by atoms with van der Waals surface area (Å²) < 4.78 is 48.6. The van der Waals surface area contributed by atoms with Crippen LogP contribution in [0.4, 0.5) is 18.0 Å². The fraction of sp³-hybridized carbons (Fsp3) is 0.429. The van der Waals surface area contributed by atoms with Gasteiger partial charge in [0.1, 0.15) is 19.0 Å². The molecule has 2 aromatic heterocycles. The molecular formula is C28H27F3N4O6. The molecule has 4 heterocycles. The summed E-state index contributed by atoms with van der Waals surface area (Å²) in [5, 5.41) is 25.4. The normalized spacial score (nSPS) is 20.8. The molecule has 3 aliphatic rings. The number of fused-ring (bicyclic) bond motifs is 5. The van der Waals surface area contributed by atoms with Gasteiger partial charge in [0.15, 0.2) is 5.60 Å². The number of pyridine rings is 2. The first-order valence-corrected chi connectivity index (χ1v) is 13.2. The van der Waals surface area contributed by atoms with E-state index in [1.165, 1.54) is 10.6 Å². The number of alkyl halides is 2. The number of aromatic nitrogens is 2. The standard InChI is InChI=1S/C28H27F3N4O6/c1-3-28(40)16-6-20-23-14(8-35(20)24(37)15(16)9-41-25(28)38)22-18(34-26(39)32-10-27(30,31)11-36)5-4-13-12(2)17(29)7-19(33-23)21(13)22/h6-7,18,36,40H,3-5,8-11H2,1-2H3,(H2,32,34,39)/t18-,28-/m0/s1. The molecule has 1 aliphatic carbocycles. The van der Waals surface area contributed by atoms with Crippen LogP contribution in [-0.2, 0) is 34.7 Å². The van der Waals surface area contributed by atoms with Gasteiger partial charge >= 0.3 is 12.0 Å². The minimum absolute atomic E-state index is 0.0325. The average molecular weight is 573 g/mol. The van der Waals surface area contributed by atoms with Gasteiger partial charge in [-0.1, -0.05) is 6.92 Å². The maximum atomic E-state index is 15.0. The fourth-order valence-electron chi connectivity index (χ4n) is 6.17. The summed E-state index contributed by atoms with van der Waals surface area (Å²) in [5.74, 6) is -4.82. The van der Waals surface area contributed by atoms with Crippen LogP contribution < -0.4 is 16.2 Å². The van der Waals surface area contributed by atoms with Gasteiger partial charge in [-0.25, -0.2) is 27.7 Å². The Bertz CT molecular complexity index is 1720. The highest BCUT2D eigenvalue weighted by Crippen LogP contribution is 2.45. The van der Waals surface area contributed by atoms with Gasteiger partial charge in [0.2, 0.25) is 0 Å². The molecule has 2 amide bonds. The van der Waals surface area contributed by atoms with Crippen molar-refractivity contribution in [3.8, 4) is 11.4 Å². The summed E-state index contributed by atoms with van der Waals surface area (Å²) in [4.78, 5) is 43.5. The maximum Gasteiger partial charge on any atom is 0.343 e. The van der Waals surface area contributed by atoms with Crippen molar-refractivity contribution >= 4 is 22.9 Å². The number of hydrogen-bond acceptors (Lipinski definition) is 7. The van der Waals surface area contributed by atoms with Crippen LogP contribution in [0.5, 0.6) is 0 Å². The SMILES string of the molecule is CC[C@@]1(O)C(=O)OCc2c1cc1n(c2=O)Cc2c-1nc1cc(F)c(C)c3c1c2[C@@H](NC(=O)NCC(F)(F)CO)CC3. The predicted molar refractivity (Wildman–Crippen MR) is 139 cm³/mol. The van der Waals surface area contributed by atoms with Crippen LogP contribution in [0.25, 0.3) is 22.3 Å². The average Bonchev–Trinajstić information content (AvgIpc) is 3.32. The summed E-state index contributed by atoms with van der Waals surface area (Å²) in [6.07, 6.45) is 0.678. The van der Waals surface area contributed by atoms with Gasteiger partial charge in [-0.2, -0.15) is 0 Å². The Hall–Kier alpha value is -3.97. The second kappa shape index (κ2) is 9.28. The smallest absolute Gasteiger partial charge is 0.343 e. The lowest BCUT2D eigenvalue weighted by molar-refractivity contribution is -0.172. The highest BCUT2D eigenvalue weighted by Gasteiger charge is 2.46. The molecule has 13 heteroatoms. The zero-order valence-electron chi connectivity index (χ0n) is 22.2. The van der Waals surface area contributed by atoms with E-state index in [1.807, 2.05) is 0 Å². The van der Waals surface area contributed by atoms with E-state index in [2.05, 4.69) is 10.6 Å². The Kier molecular flexibility index (Phi) is 6.16. The van der Waals surface area contributed by atoms with E-state index in [0.717, 1.165) is 0 Å². The number of nitrogens with one attached hydrogen (secondary N) is 2. The maximum absolute atomic E-state index is 15.0. The summed E-state index contributed by atoms with van der Waals surface area (Å²) in [5.41, 5.74) is 1.04. The Morgan fingerprint density at radius 1 is 1.27 bits per heavy atom. The van der Waals surface area contributed by atoms with E-state index < -0.39 is 54.1 Å². The largest absolute Gasteiger partial charge is 0.458 e. The quantitative estimate of drug-likeness (QED) is 0.269. The number of carbonyl (C=O) groups excluding carboxylic acids is 2. The number of ether oxygens (including phenoxy) is 1. The molecule has 4 N–H and O–H groups in total. The minimum atomic E-state index is -3.50. The summed E-state index contributed by atoms with van der Waals surface area (Å²) in [6, 6.07) is 1.25. The monoisotopic (exact) mass is 572 g/mol. The van der Waals surface area contributed by atoms with Crippen LogP contribution in [0, 0.1) is 12.7 Å². The molecule has 0 saturated heterocycles. The number of aliphatic hydroxyl groups is 2. The molecule has 216 valence electrons. The summed E-state index contributed by atoms with van der Waals surface area (Å²) >= 11 is 0. The molecule has 0 fully saturated rings. The molecule has 0 radical (unpaired) electrons. The first-order valence-electron chi connectivity index (χ1n) is 13.2. The lowest BCUT2D eigenvalue weighted by atomic mass is 9.81. The molecule has 0 saturated carbocycles. The van der Waals surface area contributed by atoms with Crippen LogP contribution in [-0.4, -0.2) is 50.8 Å². The number of aryl methyl sites for hydroxylation is 1. The van der Waals surface area contributed by atoms with Gasteiger partial charge in [0, 0.05) is 22.6 Å². The summed E-state index contributed by atoms with van der Waals surface area (Å²) in [6.45, 7) is 0.496. The fourth-order valence-corrected chi connectivity index (χ4v) is 6.17. The van der Waals surface area contributed by atoms with Crippen molar-refractivity contribution < 1.29 is 37.7 Å². The van der Waals surface area contributed by atoms with Crippen molar-refractivity contribution in [2.75, 3.05) is 13.2 Å². The Morgan fingerprint density at radius 2 is 2.02 bits per heavy atom.